The van der Waals surface area contributed by atoms with E-state index in [1.807, 2.05) is 0 Å². The molecule has 0 aromatic carbocycles. The van der Waals surface area contributed by atoms with Crippen LogP contribution in [-0.2, 0) is 22.6 Å². The number of hydrogen-bond acceptors (Lipinski definition) is 8. The van der Waals surface area contributed by atoms with E-state index in [4.69, 9.17) is 20.3 Å². The standard InChI is InChI=1S/C14H16N2O6/c1-19-13(17)11-9(3-7(5-15)21-11)10-4-8(6-16)22-12(10)14(18)20-2/h3-4H,5-6,15-16H2,1-2H3. The molecule has 0 aliphatic heterocycles. The molecule has 0 aliphatic rings. The van der Waals surface area contributed by atoms with Crippen LogP contribution in [0.25, 0.3) is 11.1 Å². The smallest absolute Gasteiger partial charge is 0.374 e. The van der Waals surface area contributed by atoms with E-state index in [9.17, 15) is 9.59 Å². The van der Waals surface area contributed by atoms with Gasteiger partial charge >= 0.3 is 11.9 Å². The second-order valence-corrected chi connectivity index (χ2v) is 4.30. The van der Waals surface area contributed by atoms with Gasteiger partial charge in [-0.05, 0) is 12.1 Å². The molecule has 0 aliphatic carbocycles. The highest BCUT2D eigenvalue weighted by atomic mass is 16.5. The summed E-state index contributed by atoms with van der Waals surface area (Å²) in [6.07, 6.45) is 0. The zero-order chi connectivity index (χ0) is 16.3. The molecule has 2 rings (SSSR count). The molecular weight excluding hydrogens is 292 g/mol. The number of ether oxygens (including phenoxy) is 2. The van der Waals surface area contributed by atoms with Crippen LogP contribution in [0.2, 0.25) is 0 Å². The quantitative estimate of drug-likeness (QED) is 0.783. The molecule has 0 radical (unpaired) electrons. The minimum Gasteiger partial charge on any atom is -0.463 e. The van der Waals surface area contributed by atoms with Crippen molar-refractivity contribution >= 4 is 11.9 Å². The fourth-order valence-corrected chi connectivity index (χ4v) is 1.97. The van der Waals surface area contributed by atoms with Crippen molar-refractivity contribution in [1.29, 1.82) is 0 Å². The molecule has 0 amide bonds. The topological polar surface area (TPSA) is 131 Å². The summed E-state index contributed by atoms with van der Waals surface area (Å²) in [6.45, 7) is 0.165. The van der Waals surface area contributed by atoms with E-state index in [2.05, 4.69) is 9.47 Å². The molecule has 0 bridgehead atoms. The Bertz CT molecular complexity index is 640. The molecule has 0 unspecified atom stereocenters. The third-order valence-corrected chi connectivity index (χ3v) is 3.00. The van der Waals surface area contributed by atoms with Crippen molar-refractivity contribution in [3.63, 3.8) is 0 Å². The summed E-state index contributed by atoms with van der Waals surface area (Å²) < 4.78 is 20.1. The SMILES string of the molecule is COC(=O)c1oc(CN)cc1-c1cc(CN)oc1C(=O)OC. The number of esters is 2. The number of methoxy groups -OCH3 is 2. The molecule has 8 nitrogen and oxygen atoms in total. The summed E-state index contributed by atoms with van der Waals surface area (Å²) in [6, 6.07) is 3.09. The number of carbonyl (C=O) groups is 2. The van der Waals surface area contributed by atoms with Crippen LogP contribution in [-0.4, -0.2) is 26.2 Å². The maximum Gasteiger partial charge on any atom is 0.374 e. The Morgan fingerprint density at radius 3 is 1.55 bits per heavy atom. The average molecular weight is 308 g/mol. The van der Waals surface area contributed by atoms with Gasteiger partial charge in [0.25, 0.3) is 0 Å². The van der Waals surface area contributed by atoms with Gasteiger partial charge in [-0.15, -0.1) is 0 Å². The third-order valence-electron chi connectivity index (χ3n) is 3.00. The number of rotatable bonds is 5. The van der Waals surface area contributed by atoms with E-state index in [0.717, 1.165) is 0 Å². The molecule has 0 spiro atoms. The van der Waals surface area contributed by atoms with Gasteiger partial charge in [0, 0.05) is 11.1 Å². The normalized spacial score (nSPS) is 10.5. The third kappa shape index (κ3) is 2.74. The van der Waals surface area contributed by atoms with E-state index in [0.29, 0.717) is 22.6 Å². The number of nitrogens with two attached hydrogens (primary N) is 2. The van der Waals surface area contributed by atoms with Crippen LogP contribution in [0.5, 0.6) is 0 Å². The first-order valence-corrected chi connectivity index (χ1v) is 6.38. The zero-order valence-electron chi connectivity index (χ0n) is 12.2. The van der Waals surface area contributed by atoms with Crippen LogP contribution in [0.1, 0.15) is 32.6 Å². The fraction of sp³-hybridized carbons (Fsp3) is 0.286. The zero-order valence-corrected chi connectivity index (χ0v) is 12.2. The molecule has 0 saturated heterocycles. The van der Waals surface area contributed by atoms with Crippen LogP contribution >= 0.6 is 0 Å². The summed E-state index contributed by atoms with van der Waals surface area (Å²) in [4.78, 5) is 23.7. The van der Waals surface area contributed by atoms with Crippen molar-refractivity contribution in [2.45, 2.75) is 13.1 Å². The molecule has 0 fully saturated rings. The largest absolute Gasteiger partial charge is 0.463 e. The average Bonchev–Trinajstić information content (AvgIpc) is 3.16. The molecule has 4 N–H and O–H groups in total. The Balaban J connectivity index is 2.64. The first kappa shape index (κ1) is 15.8. The molecule has 2 heterocycles. The van der Waals surface area contributed by atoms with E-state index in [-0.39, 0.29) is 24.6 Å². The van der Waals surface area contributed by atoms with Gasteiger partial charge in [0.1, 0.15) is 11.5 Å². The van der Waals surface area contributed by atoms with Crippen molar-refractivity contribution in [3.05, 3.63) is 35.2 Å². The Morgan fingerprint density at radius 2 is 1.27 bits per heavy atom. The molecule has 22 heavy (non-hydrogen) atoms. The Labute approximate surface area is 125 Å². The number of carbonyl (C=O) groups excluding carboxylic acids is 2. The Hall–Kier alpha value is -2.58. The fourth-order valence-electron chi connectivity index (χ4n) is 1.97. The Kier molecular flexibility index (Phi) is 4.64. The minimum atomic E-state index is -0.694. The van der Waals surface area contributed by atoms with Gasteiger partial charge in [-0.3, -0.25) is 0 Å². The van der Waals surface area contributed by atoms with E-state index < -0.39 is 11.9 Å². The van der Waals surface area contributed by atoms with Crippen molar-refractivity contribution in [2.24, 2.45) is 11.5 Å². The van der Waals surface area contributed by atoms with E-state index in [1.54, 1.807) is 12.1 Å². The van der Waals surface area contributed by atoms with Crippen molar-refractivity contribution in [1.82, 2.24) is 0 Å². The minimum absolute atomic E-state index is 0.0718. The van der Waals surface area contributed by atoms with Crippen LogP contribution in [0.4, 0.5) is 0 Å². The number of hydrogen-bond donors (Lipinski definition) is 2. The second-order valence-electron chi connectivity index (χ2n) is 4.30. The number of furan rings is 2. The van der Waals surface area contributed by atoms with Gasteiger partial charge in [0.2, 0.25) is 11.5 Å². The molecule has 0 atom stereocenters. The molecule has 8 heteroatoms. The molecule has 2 aromatic heterocycles. The lowest BCUT2D eigenvalue weighted by Gasteiger charge is -2.01. The second kappa shape index (κ2) is 6.46. The van der Waals surface area contributed by atoms with E-state index in [1.165, 1.54) is 14.2 Å². The lowest BCUT2D eigenvalue weighted by molar-refractivity contribution is 0.0553. The predicted molar refractivity (Wildman–Crippen MR) is 74.9 cm³/mol. The van der Waals surface area contributed by atoms with Gasteiger partial charge < -0.3 is 29.8 Å². The summed E-state index contributed by atoms with van der Waals surface area (Å²) in [5.41, 5.74) is 11.7. The summed E-state index contributed by atoms with van der Waals surface area (Å²) in [5.74, 6) is -0.805. The molecule has 0 saturated carbocycles. The van der Waals surface area contributed by atoms with Gasteiger partial charge in [-0.25, -0.2) is 9.59 Å². The summed E-state index contributed by atoms with van der Waals surface area (Å²) in [7, 11) is 2.44. The van der Waals surface area contributed by atoms with Crippen molar-refractivity contribution in [3.8, 4) is 11.1 Å². The van der Waals surface area contributed by atoms with E-state index >= 15 is 0 Å². The molecule has 118 valence electrons. The lowest BCUT2D eigenvalue weighted by atomic mass is 10.1. The van der Waals surface area contributed by atoms with Gasteiger partial charge in [0.15, 0.2) is 0 Å². The van der Waals surface area contributed by atoms with Crippen LogP contribution in [0.3, 0.4) is 0 Å². The Morgan fingerprint density at radius 1 is 0.909 bits per heavy atom. The highest BCUT2D eigenvalue weighted by molar-refractivity contribution is 6.00. The highest BCUT2D eigenvalue weighted by Gasteiger charge is 2.27. The van der Waals surface area contributed by atoms with Gasteiger partial charge in [-0.2, -0.15) is 0 Å². The first-order valence-electron chi connectivity index (χ1n) is 6.38. The van der Waals surface area contributed by atoms with Crippen molar-refractivity contribution < 1.29 is 27.9 Å². The highest BCUT2D eigenvalue weighted by Crippen LogP contribution is 2.33. The summed E-state index contributed by atoms with van der Waals surface area (Å²) >= 11 is 0. The maximum atomic E-state index is 11.8. The van der Waals surface area contributed by atoms with Crippen LogP contribution in [0.15, 0.2) is 21.0 Å². The summed E-state index contributed by atoms with van der Waals surface area (Å²) in [5, 5.41) is 0. The van der Waals surface area contributed by atoms with Crippen molar-refractivity contribution in [2.75, 3.05) is 14.2 Å². The van der Waals surface area contributed by atoms with Crippen LogP contribution in [0, 0.1) is 0 Å². The first-order chi connectivity index (χ1) is 10.5. The van der Waals surface area contributed by atoms with Gasteiger partial charge in [0.05, 0.1) is 27.3 Å². The molecular formula is C14H16N2O6. The molecule has 2 aromatic rings. The maximum absolute atomic E-state index is 11.8. The monoisotopic (exact) mass is 308 g/mol. The lowest BCUT2D eigenvalue weighted by Crippen LogP contribution is -2.04. The van der Waals surface area contributed by atoms with Gasteiger partial charge in [-0.1, -0.05) is 0 Å². The van der Waals surface area contributed by atoms with Crippen LogP contribution < -0.4 is 11.5 Å². The predicted octanol–water partition coefficient (Wildman–Crippen LogP) is 1.03.